The molecular weight excluding hydrogens is 242 g/mol. The molecule has 1 heterocycles. The Labute approximate surface area is 113 Å². The van der Waals surface area contributed by atoms with E-state index in [0.29, 0.717) is 13.2 Å². The second-order valence-corrected chi connectivity index (χ2v) is 4.76. The molecule has 1 aliphatic heterocycles. The molecule has 0 saturated heterocycles. The molecule has 1 N–H and O–H groups in total. The molecule has 0 aliphatic carbocycles. The molecule has 0 radical (unpaired) electrons. The Hall–Kier alpha value is -1.97. The van der Waals surface area contributed by atoms with Crippen molar-refractivity contribution in [3.63, 3.8) is 0 Å². The Kier molecular flexibility index (Phi) is 4.10. The van der Waals surface area contributed by atoms with Crippen molar-refractivity contribution < 1.29 is 14.3 Å². The Morgan fingerprint density at radius 3 is 2.79 bits per heavy atom. The van der Waals surface area contributed by atoms with E-state index in [1.807, 2.05) is 20.8 Å². The Bertz CT molecular complexity index is 508. The number of hydrogen-bond acceptors (Lipinski definition) is 3. The molecule has 1 aliphatic rings. The number of rotatable bonds is 3. The normalized spacial score (nSPS) is 15.8. The number of carbonyl (C=O) groups excluding carboxylic acids is 1. The lowest BCUT2D eigenvalue weighted by molar-refractivity contribution is -0.122. The first-order valence-electron chi connectivity index (χ1n) is 6.40. The molecule has 19 heavy (non-hydrogen) atoms. The van der Waals surface area contributed by atoms with Crippen LogP contribution in [0.5, 0.6) is 0 Å². The minimum atomic E-state index is -0.242. The highest BCUT2D eigenvalue weighted by atomic mass is 16.6. The Morgan fingerprint density at radius 1 is 1.32 bits per heavy atom. The highest BCUT2D eigenvalue weighted by Gasteiger charge is 2.18. The van der Waals surface area contributed by atoms with E-state index in [-0.39, 0.29) is 17.7 Å². The van der Waals surface area contributed by atoms with Gasteiger partial charge in [0.15, 0.2) is 0 Å². The maximum Gasteiger partial charge on any atom is 0.290 e. The molecule has 0 aromatic heterocycles. The number of aryl methyl sites for hydroxylation is 2. The van der Waals surface area contributed by atoms with Crippen LogP contribution >= 0.6 is 0 Å². The number of hydrogen-bond donors (Lipinski definition) is 1. The molecule has 1 aromatic carbocycles. The zero-order chi connectivity index (χ0) is 13.8. The van der Waals surface area contributed by atoms with Gasteiger partial charge >= 0.3 is 0 Å². The van der Waals surface area contributed by atoms with E-state index >= 15 is 0 Å². The van der Waals surface area contributed by atoms with E-state index in [0.717, 1.165) is 11.1 Å². The number of ether oxygens (including phenoxy) is 2. The summed E-state index contributed by atoms with van der Waals surface area (Å²) in [4.78, 5) is 12.0. The molecule has 0 bridgehead atoms. The van der Waals surface area contributed by atoms with Crippen LogP contribution in [-0.4, -0.2) is 19.1 Å². The Morgan fingerprint density at radius 2 is 2.11 bits per heavy atom. The van der Waals surface area contributed by atoms with Crippen molar-refractivity contribution in [1.82, 2.24) is 5.32 Å². The summed E-state index contributed by atoms with van der Waals surface area (Å²) in [5.74, 6) is -0.00323. The van der Waals surface area contributed by atoms with Gasteiger partial charge < -0.3 is 14.8 Å². The van der Waals surface area contributed by atoms with Crippen molar-refractivity contribution in [2.75, 3.05) is 13.2 Å². The van der Waals surface area contributed by atoms with Crippen molar-refractivity contribution in [2.45, 2.75) is 26.8 Å². The molecule has 4 heteroatoms. The summed E-state index contributed by atoms with van der Waals surface area (Å²) >= 11 is 0. The molecule has 0 saturated carbocycles. The van der Waals surface area contributed by atoms with E-state index in [2.05, 4.69) is 23.5 Å². The lowest BCUT2D eigenvalue weighted by Gasteiger charge is -2.20. The van der Waals surface area contributed by atoms with Crippen LogP contribution in [0.25, 0.3) is 0 Å². The predicted molar refractivity (Wildman–Crippen MR) is 72.5 cm³/mol. The highest BCUT2D eigenvalue weighted by Crippen LogP contribution is 2.19. The van der Waals surface area contributed by atoms with Gasteiger partial charge in [-0.3, -0.25) is 4.79 Å². The van der Waals surface area contributed by atoms with Crippen molar-refractivity contribution in [3.05, 3.63) is 46.9 Å². The van der Waals surface area contributed by atoms with E-state index in [1.54, 1.807) is 0 Å². The van der Waals surface area contributed by atoms with Gasteiger partial charge in [-0.1, -0.05) is 23.8 Å². The largest absolute Gasteiger partial charge is 0.494 e. The van der Waals surface area contributed by atoms with Crippen LogP contribution in [0.3, 0.4) is 0 Å². The summed E-state index contributed by atoms with van der Waals surface area (Å²) in [5, 5.41) is 2.92. The molecular formula is C15H19NO3. The van der Waals surface area contributed by atoms with Crippen LogP contribution in [0, 0.1) is 13.8 Å². The predicted octanol–water partition coefficient (Wildman–Crippen LogP) is 2.37. The van der Waals surface area contributed by atoms with Gasteiger partial charge in [0, 0.05) is 0 Å². The number of amides is 1. The van der Waals surface area contributed by atoms with Crippen LogP contribution in [-0.2, 0) is 14.3 Å². The zero-order valence-electron chi connectivity index (χ0n) is 11.5. The summed E-state index contributed by atoms with van der Waals surface area (Å²) in [5.41, 5.74) is 3.46. The number of carbonyl (C=O) groups is 1. The molecule has 4 nitrogen and oxygen atoms in total. The van der Waals surface area contributed by atoms with Crippen molar-refractivity contribution in [1.29, 1.82) is 0 Å². The minimum absolute atomic E-state index is 0.0705. The van der Waals surface area contributed by atoms with Crippen molar-refractivity contribution in [2.24, 2.45) is 0 Å². The van der Waals surface area contributed by atoms with Crippen LogP contribution in [0.4, 0.5) is 0 Å². The lowest BCUT2D eigenvalue weighted by atomic mass is 10.00. The number of benzene rings is 1. The summed E-state index contributed by atoms with van der Waals surface area (Å²) in [6, 6.07) is 6.15. The topological polar surface area (TPSA) is 47.6 Å². The molecule has 1 amide bonds. The molecule has 1 unspecified atom stereocenters. The fourth-order valence-corrected chi connectivity index (χ4v) is 2.06. The van der Waals surface area contributed by atoms with Gasteiger partial charge in [0.1, 0.15) is 19.5 Å². The third-order valence-electron chi connectivity index (χ3n) is 3.12. The van der Waals surface area contributed by atoms with E-state index in [4.69, 9.17) is 9.47 Å². The van der Waals surface area contributed by atoms with Crippen LogP contribution in [0.15, 0.2) is 30.2 Å². The van der Waals surface area contributed by atoms with Crippen LogP contribution < -0.4 is 5.32 Å². The van der Waals surface area contributed by atoms with E-state index in [1.165, 1.54) is 11.8 Å². The summed E-state index contributed by atoms with van der Waals surface area (Å²) in [7, 11) is 0. The highest BCUT2D eigenvalue weighted by molar-refractivity contribution is 5.91. The summed E-state index contributed by atoms with van der Waals surface area (Å²) < 4.78 is 10.3. The number of nitrogens with one attached hydrogen (secondary N) is 1. The molecule has 2 rings (SSSR count). The fourth-order valence-electron chi connectivity index (χ4n) is 2.06. The van der Waals surface area contributed by atoms with Gasteiger partial charge in [-0.05, 0) is 31.9 Å². The third-order valence-corrected chi connectivity index (χ3v) is 3.12. The van der Waals surface area contributed by atoms with Gasteiger partial charge in [0.05, 0.1) is 6.04 Å². The van der Waals surface area contributed by atoms with Gasteiger partial charge in [0.25, 0.3) is 5.91 Å². The third kappa shape index (κ3) is 3.28. The molecule has 102 valence electrons. The standard InChI is InChI=1S/C15H19NO3/c1-10-4-5-11(2)13(8-10)12(3)16-15(17)14-9-18-6-7-19-14/h4-5,8-9,12H,6-7H2,1-3H3,(H,16,17). The first kappa shape index (κ1) is 13.5. The SMILES string of the molecule is Cc1ccc(C)c(C(C)NC(=O)C2=COCCO2)c1. The minimum Gasteiger partial charge on any atom is -0.494 e. The second-order valence-electron chi connectivity index (χ2n) is 4.76. The van der Waals surface area contributed by atoms with Gasteiger partial charge in [-0.2, -0.15) is 0 Å². The monoisotopic (exact) mass is 261 g/mol. The molecule has 1 atom stereocenters. The van der Waals surface area contributed by atoms with Crippen LogP contribution in [0.2, 0.25) is 0 Å². The van der Waals surface area contributed by atoms with Gasteiger partial charge in [-0.25, -0.2) is 0 Å². The first-order chi connectivity index (χ1) is 9.08. The summed E-state index contributed by atoms with van der Waals surface area (Å²) in [6.07, 6.45) is 1.37. The first-order valence-corrected chi connectivity index (χ1v) is 6.40. The smallest absolute Gasteiger partial charge is 0.290 e. The maximum absolute atomic E-state index is 12.0. The zero-order valence-corrected chi connectivity index (χ0v) is 11.5. The second kappa shape index (κ2) is 5.78. The van der Waals surface area contributed by atoms with E-state index < -0.39 is 0 Å². The Balaban J connectivity index is 2.08. The van der Waals surface area contributed by atoms with Gasteiger partial charge in [-0.15, -0.1) is 0 Å². The average Bonchev–Trinajstić information content (AvgIpc) is 2.42. The van der Waals surface area contributed by atoms with Crippen molar-refractivity contribution >= 4 is 5.91 Å². The molecule has 0 fully saturated rings. The molecule has 1 aromatic rings. The van der Waals surface area contributed by atoms with Gasteiger partial charge in [0.2, 0.25) is 5.76 Å². The maximum atomic E-state index is 12.0. The van der Waals surface area contributed by atoms with Crippen LogP contribution in [0.1, 0.15) is 29.7 Å². The fraction of sp³-hybridized carbons (Fsp3) is 0.400. The quantitative estimate of drug-likeness (QED) is 0.908. The average molecular weight is 261 g/mol. The summed E-state index contributed by atoms with van der Waals surface area (Å²) in [6.45, 7) is 6.94. The lowest BCUT2D eigenvalue weighted by Crippen LogP contribution is -2.31. The van der Waals surface area contributed by atoms with E-state index in [9.17, 15) is 4.79 Å². The molecule has 0 spiro atoms. The van der Waals surface area contributed by atoms with Crippen molar-refractivity contribution in [3.8, 4) is 0 Å².